The van der Waals surface area contributed by atoms with Crippen molar-refractivity contribution in [2.45, 2.75) is 25.3 Å². The fourth-order valence-corrected chi connectivity index (χ4v) is 4.27. The molecule has 0 N–H and O–H groups in total. The highest BCUT2D eigenvalue weighted by molar-refractivity contribution is 7.91. The molecule has 0 bridgehead atoms. The molecule has 0 spiro atoms. The number of aryl methyl sites for hydroxylation is 1. The van der Waals surface area contributed by atoms with Crippen molar-refractivity contribution >= 4 is 9.84 Å². The van der Waals surface area contributed by atoms with Gasteiger partial charge in [-0.2, -0.15) is 0 Å². The summed E-state index contributed by atoms with van der Waals surface area (Å²) in [5, 5.41) is -0.468. The molecule has 0 fully saturated rings. The normalized spacial score (nSPS) is 11.5. The van der Waals surface area contributed by atoms with Crippen LogP contribution in [-0.2, 0) is 16.3 Å². The Balaban J connectivity index is 1.90. The summed E-state index contributed by atoms with van der Waals surface area (Å²) < 4.78 is 38.0. The lowest BCUT2D eigenvalue weighted by Gasteiger charge is -2.14. The molecule has 1 heterocycles. The number of hydrogen-bond donors (Lipinski definition) is 0. The molecule has 0 unspecified atom stereocenters. The van der Waals surface area contributed by atoms with Crippen molar-refractivity contribution in [1.82, 2.24) is 9.55 Å². The van der Waals surface area contributed by atoms with Crippen LogP contribution in [0, 0.1) is 5.92 Å². The smallest absolute Gasteiger partial charge is 0.292 e. The van der Waals surface area contributed by atoms with Gasteiger partial charge < -0.3 is 9.47 Å². The monoisotopic (exact) mass is 442 g/mol. The Morgan fingerprint density at radius 3 is 2.48 bits per heavy atom. The maximum Gasteiger partial charge on any atom is 0.292 e. The lowest BCUT2D eigenvalue weighted by molar-refractivity contribution is 0.257. The van der Waals surface area contributed by atoms with E-state index >= 15 is 0 Å². The van der Waals surface area contributed by atoms with Crippen LogP contribution in [-0.4, -0.2) is 37.4 Å². The minimum Gasteiger partial charge on any atom is -0.493 e. The van der Waals surface area contributed by atoms with Crippen LogP contribution < -0.4 is 15.0 Å². The molecule has 0 amide bonds. The molecule has 3 rings (SSSR count). The second kappa shape index (κ2) is 9.78. The van der Waals surface area contributed by atoms with E-state index in [2.05, 4.69) is 4.98 Å². The zero-order chi connectivity index (χ0) is 22.4. The summed E-state index contributed by atoms with van der Waals surface area (Å²) in [5.41, 5.74) is 0.637. The Bertz CT molecular complexity index is 1190. The topological polar surface area (TPSA) is 87.5 Å². The molecule has 0 aliphatic heterocycles. The quantitative estimate of drug-likeness (QED) is 0.505. The molecule has 31 heavy (non-hydrogen) atoms. The fourth-order valence-electron chi connectivity index (χ4n) is 2.99. The number of methoxy groups -OCH3 is 1. The SMILES string of the molecule is COc1cc(-n2ccnc(S(=O)(=O)CCc3ccccc3)c2=O)ccc1OCC(C)C. The van der Waals surface area contributed by atoms with Gasteiger partial charge in [-0.25, -0.2) is 13.4 Å². The van der Waals surface area contributed by atoms with Gasteiger partial charge in [-0.3, -0.25) is 9.36 Å². The lowest BCUT2D eigenvalue weighted by atomic mass is 10.2. The average molecular weight is 443 g/mol. The third kappa shape index (κ3) is 5.52. The molecule has 0 saturated heterocycles. The van der Waals surface area contributed by atoms with Crippen molar-refractivity contribution in [3.8, 4) is 17.2 Å². The summed E-state index contributed by atoms with van der Waals surface area (Å²) in [4.78, 5) is 16.9. The van der Waals surface area contributed by atoms with E-state index in [-0.39, 0.29) is 5.75 Å². The molecule has 8 heteroatoms. The van der Waals surface area contributed by atoms with Gasteiger partial charge in [-0.05, 0) is 30.0 Å². The minimum absolute atomic E-state index is 0.200. The van der Waals surface area contributed by atoms with Gasteiger partial charge in [0.2, 0.25) is 14.9 Å². The Morgan fingerprint density at radius 2 is 1.81 bits per heavy atom. The van der Waals surface area contributed by atoms with E-state index in [9.17, 15) is 13.2 Å². The number of sulfone groups is 1. The van der Waals surface area contributed by atoms with Gasteiger partial charge in [0, 0.05) is 18.5 Å². The standard InChI is InChI=1S/C23H26N2O5S/c1-17(2)16-30-20-10-9-19(15-21(20)29-3)25-13-12-24-22(23(25)26)31(27,28)14-11-18-7-5-4-6-8-18/h4-10,12-13,15,17H,11,14,16H2,1-3H3. The maximum absolute atomic E-state index is 13.0. The predicted octanol–water partition coefficient (Wildman–Crippen LogP) is 3.29. The van der Waals surface area contributed by atoms with Crippen LogP contribution in [0.2, 0.25) is 0 Å². The van der Waals surface area contributed by atoms with E-state index in [1.165, 1.54) is 24.1 Å². The third-order valence-electron chi connectivity index (χ3n) is 4.60. The van der Waals surface area contributed by atoms with E-state index in [4.69, 9.17) is 9.47 Å². The van der Waals surface area contributed by atoms with Crippen molar-refractivity contribution in [2.24, 2.45) is 5.92 Å². The molecule has 0 aliphatic carbocycles. The van der Waals surface area contributed by atoms with E-state index in [1.54, 1.807) is 18.2 Å². The van der Waals surface area contributed by atoms with Crippen LogP contribution in [0.1, 0.15) is 19.4 Å². The van der Waals surface area contributed by atoms with Gasteiger partial charge in [0.1, 0.15) is 0 Å². The molecule has 7 nitrogen and oxygen atoms in total. The van der Waals surface area contributed by atoms with Crippen LogP contribution in [0.15, 0.2) is 70.7 Å². The van der Waals surface area contributed by atoms with Crippen molar-refractivity contribution in [1.29, 1.82) is 0 Å². The molecule has 164 valence electrons. The minimum atomic E-state index is -3.86. The lowest BCUT2D eigenvalue weighted by Crippen LogP contribution is -2.27. The van der Waals surface area contributed by atoms with Crippen LogP contribution >= 0.6 is 0 Å². The highest BCUT2D eigenvalue weighted by atomic mass is 32.2. The molecule has 0 saturated carbocycles. The molecule has 3 aromatic rings. The van der Waals surface area contributed by atoms with Gasteiger partial charge in [-0.15, -0.1) is 0 Å². The van der Waals surface area contributed by atoms with Crippen molar-refractivity contribution < 1.29 is 17.9 Å². The van der Waals surface area contributed by atoms with Gasteiger partial charge in [0.15, 0.2) is 11.5 Å². The van der Waals surface area contributed by atoms with Gasteiger partial charge in [0.05, 0.1) is 25.2 Å². The molecular weight excluding hydrogens is 416 g/mol. The van der Waals surface area contributed by atoms with Gasteiger partial charge in [-0.1, -0.05) is 44.2 Å². The first-order chi connectivity index (χ1) is 14.8. The zero-order valence-corrected chi connectivity index (χ0v) is 18.6. The molecule has 0 radical (unpaired) electrons. The predicted molar refractivity (Wildman–Crippen MR) is 119 cm³/mol. The number of nitrogens with zero attached hydrogens (tertiary/aromatic N) is 2. The Labute approximate surface area is 182 Å². The summed E-state index contributed by atoms with van der Waals surface area (Å²) in [7, 11) is -2.35. The molecule has 1 aromatic heterocycles. The van der Waals surface area contributed by atoms with Crippen LogP contribution in [0.5, 0.6) is 11.5 Å². The first kappa shape index (κ1) is 22.6. The summed E-state index contributed by atoms with van der Waals surface area (Å²) in [6.45, 7) is 4.60. The van der Waals surface area contributed by atoms with Crippen molar-refractivity contribution in [3.05, 3.63) is 76.8 Å². The van der Waals surface area contributed by atoms with E-state index in [0.717, 1.165) is 5.56 Å². The van der Waals surface area contributed by atoms with Crippen molar-refractivity contribution in [3.63, 3.8) is 0 Å². The largest absolute Gasteiger partial charge is 0.493 e. The molecule has 0 aliphatic rings. The molecule has 2 aromatic carbocycles. The van der Waals surface area contributed by atoms with E-state index in [1.807, 2.05) is 44.2 Å². The first-order valence-electron chi connectivity index (χ1n) is 9.97. The molecular formula is C23H26N2O5S. The summed E-state index contributed by atoms with van der Waals surface area (Å²) in [5.74, 6) is 1.15. The Hall–Kier alpha value is -3.13. The highest BCUT2D eigenvalue weighted by Crippen LogP contribution is 2.29. The number of rotatable bonds is 9. The van der Waals surface area contributed by atoms with Crippen LogP contribution in [0.25, 0.3) is 5.69 Å². The maximum atomic E-state index is 13.0. The van der Waals surface area contributed by atoms with Crippen molar-refractivity contribution in [2.75, 3.05) is 19.5 Å². The van der Waals surface area contributed by atoms with Gasteiger partial charge in [0.25, 0.3) is 5.56 Å². The van der Waals surface area contributed by atoms with E-state index < -0.39 is 20.4 Å². The number of hydrogen-bond acceptors (Lipinski definition) is 6. The number of benzene rings is 2. The number of aromatic nitrogens is 2. The fraction of sp³-hybridized carbons (Fsp3) is 0.304. The highest BCUT2D eigenvalue weighted by Gasteiger charge is 2.22. The zero-order valence-electron chi connectivity index (χ0n) is 17.8. The van der Waals surface area contributed by atoms with Crippen LogP contribution in [0.4, 0.5) is 0 Å². The second-order valence-electron chi connectivity index (χ2n) is 7.50. The summed E-state index contributed by atoms with van der Waals surface area (Å²) >= 11 is 0. The first-order valence-corrected chi connectivity index (χ1v) is 11.6. The average Bonchev–Trinajstić information content (AvgIpc) is 2.77. The van der Waals surface area contributed by atoms with Gasteiger partial charge >= 0.3 is 0 Å². The summed E-state index contributed by atoms with van der Waals surface area (Å²) in [6.07, 6.45) is 3.04. The summed E-state index contributed by atoms with van der Waals surface area (Å²) in [6, 6.07) is 14.3. The Morgan fingerprint density at radius 1 is 1.06 bits per heavy atom. The Kier molecular flexibility index (Phi) is 7.12. The second-order valence-corrected chi connectivity index (χ2v) is 9.53. The van der Waals surface area contributed by atoms with Crippen LogP contribution in [0.3, 0.4) is 0 Å². The number of ether oxygens (including phenoxy) is 2. The van der Waals surface area contributed by atoms with E-state index in [0.29, 0.717) is 36.1 Å². The third-order valence-corrected chi connectivity index (χ3v) is 6.21. The molecule has 0 atom stereocenters.